The van der Waals surface area contributed by atoms with E-state index in [9.17, 15) is 19.5 Å². The minimum atomic E-state index is -0.847. The van der Waals surface area contributed by atoms with Crippen molar-refractivity contribution in [1.82, 2.24) is 10.6 Å². The van der Waals surface area contributed by atoms with E-state index in [2.05, 4.69) is 10.6 Å². The van der Waals surface area contributed by atoms with Crippen LogP contribution in [0.3, 0.4) is 0 Å². The van der Waals surface area contributed by atoms with Gasteiger partial charge in [-0.15, -0.1) is 0 Å². The van der Waals surface area contributed by atoms with Crippen LogP contribution in [0.25, 0.3) is 0 Å². The van der Waals surface area contributed by atoms with Crippen molar-refractivity contribution >= 4 is 18.3 Å². The Morgan fingerprint density at radius 3 is 2.24 bits per heavy atom. The van der Waals surface area contributed by atoms with E-state index in [1.807, 2.05) is 30.3 Å². The standard InChI is InChI=1S/C22H26N2O5/c1-15(2)20(24-22(28)29-14-17-6-4-3-5-7-17)21(27)23-18(13-25)12-16-8-10-19(26)11-9-16/h3-11,13,15,18,20,26H,12,14H2,1-2H3,(H,23,27)(H,24,28)/t18?,20-/m0/s1. The molecule has 2 aromatic rings. The van der Waals surface area contributed by atoms with Crippen molar-refractivity contribution in [3.8, 4) is 5.75 Å². The lowest BCUT2D eigenvalue weighted by Crippen LogP contribution is -2.52. The van der Waals surface area contributed by atoms with Gasteiger partial charge in [0.2, 0.25) is 5.91 Å². The van der Waals surface area contributed by atoms with E-state index in [0.29, 0.717) is 6.29 Å². The first-order valence-electron chi connectivity index (χ1n) is 9.40. The van der Waals surface area contributed by atoms with Crippen molar-refractivity contribution < 1.29 is 24.2 Å². The van der Waals surface area contributed by atoms with Gasteiger partial charge in [0.05, 0.1) is 6.04 Å². The molecule has 0 bridgehead atoms. The van der Waals surface area contributed by atoms with Gasteiger partial charge in [0.1, 0.15) is 24.7 Å². The maximum Gasteiger partial charge on any atom is 0.408 e. The minimum Gasteiger partial charge on any atom is -0.508 e. The van der Waals surface area contributed by atoms with E-state index < -0.39 is 24.1 Å². The number of carbonyl (C=O) groups excluding carboxylic acids is 3. The molecule has 0 aromatic heterocycles. The third-order valence-corrected chi connectivity index (χ3v) is 4.32. The highest BCUT2D eigenvalue weighted by atomic mass is 16.5. The van der Waals surface area contributed by atoms with Gasteiger partial charge in [-0.1, -0.05) is 56.3 Å². The highest BCUT2D eigenvalue weighted by molar-refractivity contribution is 5.87. The molecule has 7 heteroatoms. The molecule has 0 aliphatic heterocycles. The van der Waals surface area contributed by atoms with Gasteiger partial charge in [-0.3, -0.25) is 4.79 Å². The van der Waals surface area contributed by atoms with Crippen molar-refractivity contribution in [2.24, 2.45) is 5.92 Å². The van der Waals surface area contributed by atoms with Gasteiger partial charge >= 0.3 is 6.09 Å². The molecule has 0 aliphatic rings. The second-order valence-corrected chi connectivity index (χ2v) is 7.05. The van der Waals surface area contributed by atoms with Crippen LogP contribution in [0.1, 0.15) is 25.0 Å². The number of ether oxygens (including phenoxy) is 1. The monoisotopic (exact) mass is 398 g/mol. The van der Waals surface area contributed by atoms with Crippen LogP contribution in [-0.4, -0.2) is 35.5 Å². The van der Waals surface area contributed by atoms with Crippen LogP contribution in [0.5, 0.6) is 5.75 Å². The molecular weight excluding hydrogens is 372 g/mol. The predicted molar refractivity (Wildman–Crippen MR) is 108 cm³/mol. The fourth-order valence-electron chi connectivity index (χ4n) is 2.72. The van der Waals surface area contributed by atoms with Crippen molar-refractivity contribution in [2.75, 3.05) is 0 Å². The molecule has 0 saturated carbocycles. The Kier molecular flexibility index (Phi) is 8.21. The summed E-state index contributed by atoms with van der Waals surface area (Å²) in [6, 6.07) is 14.0. The number of alkyl carbamates (subject to hydrolysis) is 1. The second-order valence-electron chi connectivity index (χ2n) is 7.05. The Morgan fingerprint density at radius 1 is 1.00 bits per heavy atom. The molecule has 2 rings (SSSR count). The summed E-state index contributed by atoms with van der Waals surface area (Å²) in [6.07, 6.45) is 0.221. The fourth-order valence-corrected chi connectivity index (χ4v) is 2.72. The maximum absolute atomic E-state index is 12.6. The third-order valence-electron chi connectivity index (χ3n) is 4.32. The number of hydrogen-bond acceptors (Lipinski definition) is 5. The molecule has 1 unspecified atom stereocenters. The number of aromatic hydroxyl groups is 1. The van der Waals surface area contributed by atoms with Gasteiger partial charge in [0.25, 0.3) is 0 Å². The molecule has 0 aliphatic carbocycles. The molecule has 0 radical (unpaired) electrons. The highest BCUT2D eigenvalue weighted by Crippen LogP contribution is 2.11. The van der Waals surface area contributed by atoms with Gasteiger partial charge in [-0.2, -0.15) is 0 Å². The number of hydrogen-bond donors (Lipinski definition) is 3. The summed E-state index contributed by atoms with van der Waals surface area (Å²) < 4.78 is 5.17. The van der Waals surface area contributed by atoms with Crippen LogP contribution >= 0.6 is 0 Å². The zero-order valence-electron chi connectivity index (χ0n) is 16.5. The van der Waals surface area contributed by atoms with E-state index in [4.69, 9.17) is 4.74 Å². The average molecular weight is 398 g/mol. The Balaban J connectivity index is 1.91. The fraction of sp³-hybridized carbons (Fsp3) is 0.318. The van der Waals surface area contributed by atoms with Crippen LogP contribution in [0, 0.1) is 5.92 Å². The number of carbonyl (C=O) groups is 3. The summed E-state index contributed by atoms with van der Waals surface area (Å²) in [7, 11) is 0. The first-order valence-corrected chi connectivity index (χ1v) is 9.40. The van der Waals surface area contributed by atoms with Crippen LogP contribution < -0.4 is 10.6 Å². The number of rotatable bonds is 9. The zero-order valence-corrected chi connectivity index (χ0v) is 16.5. The summed E-state index contributed by atoms with van der Waals surface area (Å²) in [5.74, 6) is -0.550. The number of aldehydes is 1. The molecule has 29 heavy (non-hydrogen) atoms. The molecule has 0 spiro atoms. The number of nitrogens with one attached hydrogen (secondary N) is 2. The van der Waals surface area contributed by atoms with Crippen LogP contribution in [-0.2, 0) is 27.4 Å². The molecule has 0 saturated heterocycles. The first-order chi connectivity index (χ1) is 13.9. The normalized spacial score (nSPS) is 12.7. The van der Waals surface area contributed by atoms with Crippen molar-refractivity contribution in [3.63, 3.8) is 0 Å². The van der Waals surface area contributed by atoms with Gasteiger partial charge in [0, 0.05) is 0 Å². The molecule has 2 atom stereocenters. The lowest BCUT2D eigenvalue weighted by Gasteiger charge is -2.23. The predicted octanol–water partition coefficient (Wildman–Crippen LogP) is 2.57. The zero-order chi connectivity index (χ0) is 21.2. The van der Waals surface area contributed by atoms with Crippen LogP contribution in [0.4, 0.5) is 4.79 Å². The summed E-state index contributed by atoms with van der Waals surface area (Å²) in [6.45, 7) is 3.67. The van der Waals surface area contributed by atoms with Crippen molar-refractivity contribution in [3.05, 3.63) is 65.7 Å². The van der Waals surface area contributed by atoms with Crippen LogP contribution in [0.15, 0.2) is 54.6 Å². The summed E-state index contributed by atoms with van der Waals surface area (Å²) in [4.78, 5) is 36.1. The van der Waals surface area contributed by atoms with E-state index in [-0.39, 0.29) is 24.7 Å². The lowest BCUT2D eigenvalue weighted by molar-refractivity contribution is -0.126. The molecule has 2 aromatic carbocycles. The lowest BCUT2D eigenvalue weighted by atomic mass is 10.0. The Hall–Kier alpha value is -3.35. The minimum absolute atomic E-state index is 0.0942. The molecule has 3 N–H and O–H groups in total. The van der Waals surface area contributed by atoms with E-state index in [0.717, 1.165) is 11.1 Å². The van der Waals surface area contributed by atoms with Gasteiger partial charge in [-0.25, -0.2) is 4.79 Å². The van der Waals surface area contributed by atoms with Crippen molar-refractivity contribution in [1.29, 1.82) is 0 Å². The average Bonchev–Trinajstić information content (AvgIpc) is 2.72. The van der Waals surface area contributed by atoms with E-state index >= 15 is 0 Å². The topological polar surface area (TPSA) is 105 Å². The Labute approximate surface area is 170 Å². The number of phenols is 1. The first kappa shape index (κ1) is 21.9. The second kappa shape index (κ2) is 10.8. The smallest absolute Gasteiger partial charge is 0.408 e. The van der Waals surface area contributed by atoms with Crippen LogP contribution in [0.2, 0.25) is 0 Å². The van der Waals surface area contributed by atoms with Crippen molar-refractivity contribution in [2.45, 2.75) is 39.0 Å². The number of phenolic OH excluding ortho intramolecular Hbond substituents is 1. The molecule has 0 fully saturated rings. The molecule has 2 amide bonds. The quantitative estimate of drug-likeness (QED) is 0.563. The summed E-state index contributed by atoms with van der Waals surface area (Å²) >= 11 is 0. The Morgan fingerprint density at radius 2 is 1.66 bits per heavy atom. The molecule has 154 valence electrons. The largest absolute Gasteiger partial charge is 0.508 e. The summed E-state index contributed by atoms with van der Waals surface area (Å²) in [5, 5.41) is 14.6. The molecular formula is C22H26N2O5. The maximum atomic E-state index is 12.6. The number of benzene rings is 2. The van der Waals surface area contributed by atoms with Gasteiger partial charge in [-0.05, 0) is 35.6 Å². The SMILES string of the molecule is CC(C)[C@H](NC(=O)OCc1ccccc1)C(=O)NC(C=O)Cc1ccc(O)cc1. The molecule has 0 heterocycles. The van der Waals surface area contributed by atoms with Gasteiger partial charge < -0.3 is 25.3 Å². The van der Waals surface area contributed by atoms with Gasteiger partial charge in [0.15, 0.2) is 0 Å². The molecule has 7 nitrogen and oxygen atoms in total. The summed E-state index contributed by atoms with van der Waals surface area (Å²) in [5.41, 5.74) is 1.62. The highest BCUT2D eigenvalue weighted by Gasteiger charge is 2.26. The third kappa shape index (κ3) is 7.29. The Bertz CT molecular complexity index is 806. The van der Waals surface area contributed by atoms with E-state index in [1.54, 1.807) is 26.0 Å². The van der Waals surface area contributed by atoms with E-state index in [1.165, 1.54) is 12.1 Å². The number of amides is 2.